The minimum absolute atomic E-state index is 0.200. The first kappa shape index (κ1) is 24.8. The highest BCUT2D eigenvalue weighted by Gasteiger charge is 2.47. The maximum Gasteiger partial charge on any atom is 0.445 e. The van der Waals surface area contributed by atoms with Gasteiger partial charge in [-0.25, -0.2) is 4.57 Å². The van der Waals surface area contributed by atoms with E-state index in [2.05, 4.69) is 0 Å². The van der Waals surface area contributed by atoms with Gasteiger partial charge in [-0.05, 0) is 48.5 Å². The van der Waals surface area contributed by atoms with Crippen LogP contribution in [0, 0.1) is 0 Å². The van der Waals surface area contributed by atoms with Gasteiger partial charge in [-0.2, -0.15) is 0 Å². The van der Waals surface area contributed by atoms with E-state index in [9.17, 15) is 14.2 Å². The Hall–Kier alpha value is -4.35. The molecular formula is C28H23O7P. The zero-order valence-electron chi connectivity index (χ0n) is 19.1. The lowest BCUT2D eigenvalue weighted by molar-refractivity contribution is -0.140. The lowest BCUT2D eigenvalue weighted by Crippen LogP contribution is -2.33. The Morgan fingerprint density at radius 2 is 0.917 bits per heavy atom. The fourth-order valence-electron chi connectivity index (χ4n) is 3.22. The summed E-state index contributed by atoms with van der Waals surface area (Å²) >= 11 is 0. The van der Waals surface area contributed by atoms with Crippen molar-refractivity contribution in [2.75, 3.05) is 0 Å². The molecule has 0 spiro atoms. The molecule has 0 aliphatic rings. The monoisotopic (exact) mass is 502 g/mol. The van der Waals surface area contributed by atoms with Crippen LogP contribution < -0.4 is 18.5 Å². The van der Waals surface area contributed by atoms with E-state index < -0.39 is 31.6 Å². The van der Waals surface area contributed by atoms with E-state index in [4.69, 9.17) is 18.5 Å². The quantitative estimate of drug-likeness (QED) is 0.143. The molecule has 1 atom stereocenters. The minimum atomic E-state index is -4.40. The van der Waals surface area contributed by atoms with Gasteiger partial charge in [-0.15, -0.1) is 0 Å². The van der Waals surface area contributed by atoms with Crippen LogP contribution >= 0.6 is 7.60 Å². The van der Waals surface area contributed by atoms with Crippen LogP contribution in [0.1, 0.15) is 6.42 Å². The van der Waals surface area contributed by atoms with E-state index in [-0.39, 0.29) is 23.0 Å². The van der Waals surface area contributed by atoms with E-state index in [0.29, 0.717) is 0 Å². The number of esters is 2. The molecular weight excluding hydrogens is 479 g/mol. The molecule has 0 aromatic heterocycles. The largest absolute Gasteiger partial charge is 0.445 e. The molecule has 4 rings (SSSR count). The zero-order chi connectivity index (χ0) is 25.2. The van der Waals surface area contributed by atoms with Gasteiger partial charge in [0.2, 0.25) is 0 Å². The van der Waals surface area contributed by atoms with Crippen molar-refractivity contribution in [3.63, 3.8) is 0 Å². The van der Waals surface area contributed by atoms with Crippen LogP contribution in [0.2, 0.25) is 0 Å². The molecule has 1 unspecified atom stereocenters. The number of hydrogen-bond acceptors (Lipinski definition) is 7. The first-order valence-electron chi connectivity index (χ1n) is 11.1. The molecule has 0 fully saturated rings. The lowest BCUT2D eigenvalue weighted by Gasteiger charge is -2.26. The van der Waals surface area contributed by atoms with Crippen molar-refractivity contribution >= 4 is 19.5 Å². The number of benzene rings is 4. The Balaban J connectivity index is 1.68. The summed E-state index contributed by atoms with van der Waals surface area (Å²) in [5, 5.41) is 0. The molecule has 0 aliphatic carbocycles. The van der Waals surface area contributed by atoms with Gasteiger partial charge >= 0.3 is 19.5 Å². The van der Waals surface area contributed by atoms with Crippen molar-refractivity contribution in [1.82, 2.24) is 0 Å². The molecule has 0 heterocycles. The standard InChI is InChI=1S/C28H23O7P/c29-27(32-22-13-5-1-6-14-22)21-26(28(30)33-23-15-7-2-8-16-23)36(31,34-24-17-9-3-10-18-24)35-25-19-11-4-12-20-25/h1-20,26H,21H2. The highest BCUT2D eigenvalue weighted by molar-refractivity contribution is 7.56. The van der Waals surface area contributed by atoms with E-state index in [1.54, 1.807) is 121 Å². The third-order valence-electron chi connectivity index (χ3n) is 4.90. The molecule has 0 N–H and O–H groups in total. The molecule has 0 saturated heterocycles. The average Bonchev–Trinajstić information content (AvgIpc) is 2.89. The Morgan fingerprint density at radius 1 is 0.556 bits per heavy atom. The topological polar surface area (TPSA) is 88.1 Å². The van der Waals surface area contributed by atoms with Crippen LogP contribution in [0.5, 0.6) is 23.0 Å². The summed E-state index contributed by atoms with van der Waals surface area (Å²) in [7, 11) is -4.40. The molecule has 4 aromatic carbocycles. The SMILES string of the molecule is O=C(CC(C(=O)Oc1ccccc1)P(=O)(Oc1ccccc1)Oc1ccccc1)Oc1ccccc1. The normalized spacial score (nSPS) is 11.7. The van der Waals surface area contributed by atoms with Crippen LogP contribution in [0.3, 0.4) is 0 Å². The second-order valence-electron chi connectivity index (χ2n) is 7.59. The molecule has 4 aromatic rings. The second-order valence-corrected chi connectivity index (χ2v) is 9.66. The van der Waals surface area contributed by atoms with Crippen molar-refractivity contribution in [2.45, 2.75) is 12.1 Å². The van der Waals surface area contributed by atoms with Gasteiger partial charge in [-0.1, -0.05) is 72.8 Å². The smallest absolute Gasteiger partial charge is 0.426 e. The van der Waals surface area contributed by atoms with Gasteiger partial charge in [0.15, 0.2) is 5.66 Å². The maximum atomic E-state index is 14.3. The summed E-state index contributed by atoms with van der Waals surface area (Å²) < 4.78 is 36.8. The van der Waals surface area contributed by atoms with E-state index >= 15 is 0 Å². The fraction of sp³-hybridized carbons (Fsp3) is 0.0714. The molecule has 36 heavy (non-hydrogen) atoms. The first-order valence-corrected chi connectivity index (χ1v) is 12.7. The van der Waals surface area contributed by atoms with Crippen LogP contribution in [-0.4, -0.2) is 17.6 Å². The van der Waals surface area contributed by atoms with Crippen molar-refractivity contribution in [3.05, 3.63) is 121 Å². The Labute approximate surface area is 208 Å². The maximum absolute atomic E-state index is 14.3. The van der Waals surface area contributed by atoms with E-state index in [1.807, 2.05) is 0 Å². The highest BCUT2D eigenvalue weighted by atomic mass is 31.2. The van der Waals surface area contributed by atoms with Gasteiger partial charge in [0, 0.05) is 0 Å². The molecule has 182 valence electrons. The lowest BCUT2D eigenvalue weighted by atomic mass is 10.3. The summed E-state index contributed by atoms with van der Waals surface area (Å²) in [4.78, 5) is 26.2. The second kappa shape index (κ2) is 11.9. The molecule has 8 heteroatoms. The van der Waals surface area contributed by atoms with Gasteiger partial charge in [0.25, 0.3) is 0 Å². The number of rotatable bonds is 10. The summed E-state index contributed by atoms with van der Waals surface area (Å²) in [6, 6.07) is 33.2. The van der Waals surface area contributed by atoms with Crippen LogP contribution in [-0.2, 0) is 14.2 Å². The Morgan fingerprint density at radius 3 is 1.33 bits per heavy atom. The van der Waals surface area contributed by atoms with Gasteiger partial charge < -0.3 is 18.5 Å². The third-order valence-corrected chi connectivity index (χ3v) is 6.99. The molecule has 7 nitrogen and oxygen atoms in total. The Bertz CT molecular complexity index is 1270. The molecule has 0 aliphatic heterocycles. The summed E-state index contributed by atoms with van der Waals surface area (Å²) in [5.74, 6) is -0.863. The van der Waals surface area contributed by atoms with E-state index in [1.165, 1.54) is 0 Å². The predicted molar refractivity (Wildman–Crippen MR) is 134 cm³/mol. The summed E-state index contributed by atoms with van der Waals surface area (Å²) in [6.07, 6.45) is -0.614. The number of carbonyl (C=O) groups excluding carboxylic acids is 2. The molecule has 0 radical (unpaired) electrons. The van der Waals surface area contributed by atoms with Gasteiger partial charge in [0.1, 0.15) is 23.0 Å². The summed E-state index contributed by atoms with van der Waals surface area (Å²) in [5.41, 5.74) is -1.63. The van der Waals surface area contributed by atoms with E-state index in [0.717, 1.165) is 0 Å². The predicted octanol–water partition coefficient (Wildman–Crippen LogP) is 6.31. The highest BCUT2D eigenvalue weighted by Crippen LogP contribution is 2.54. The van der Waals surface area contributed by atoms with Crippen LogP contribution in [0.4, 0.5) is 0 Å². The average molecular weight is 502 g/mol. The minimum Gasteiger partial charge on any atom is -0.426 e. The first-order chi connectivity index (χ1) is 17.5. The van der Waals surface area contributed by atoms with Crippen molar-refractivity contribution in [3.8, 4) is 23.0 Å². The fourth-order valence-corrected chi connectivity index (χ4v) is 5.03. The van der Waals surface area contributed by atoms with Crippen molar-refractivity contribution < 1.29 is 32.7 Å². The Kier molecular flexibility index (Phi) is 8.16. The summed E-state index contributed by atoms with van der Waals surface area (Å²) in [6.45, 7) is 0. The number of hydrogen-bond donors (Lipinski definition) is 0. The number of para-hydroxylation sites is 4. The van der Waals surface area contributed by atoms with Crippen molar-refractivity contribution in [1.29, 1.82) is 0 Å². The molecule has 0 amide bonds. The van der Waals surface area contributed by atoms with Crippen molar-refractivity contribution in [2.24, 2.45) is 0 Å². The zero-order valence-corrected chi connectivity index (χ0v) is 20.0. The third kappa shape index (κ3) is 6.84. The number of ether oxygens (including phenoxy) is 2. The molecule has 0 bridgehead atoms. The van der Waals surface area contributed by atoms with Gasteiger partial charge in [0.05, 0.1) is 6.42 Å². The number of carbonyl (C=O) groups is 2. The van der Waals surface area contributed by atoms with Crippen LogP contribution in [0.15, 0.2) is 121 Å². The van der Waals surface area contributed by atoms with Gasteiger partial charge in [-0.3, -0.25) is 9.59 Å². The van der Waals surface area contributed by atoms with Crippen LogP contribution in [0.25, 0.3) is 0 Å². The molecule has 0 saturated carbocycles.